The summed E-state index contributed by atoms with van der Waals surface area (Å²) in [5.74, 6) is 0.458. The average molecular weight is 552 g/mol. The van der Waals surface area contributed by atoms with Crippen LogP contribution in [0, 0.1) is 0 Å². The molecule has 2 unspecified atom stereocenters. The number of aliphatic hydroxyl groups is 1. The van der Waals surface area contributed by atoms with Crippen LogP contribution in [-0.2, 0) is 29.2 Å². The Bertz CT molecular complexity index is 1620. The van der Waals surface area contributed by atoms with Crippen LogP contribution in [0.15, 0.2) is 95.1 Å². The van der Waals surface area contributed by atoms with Crippen LogP contribution < -0.4 is 14.2 Å². The molecule has 2 aliphatic rings. The first kappa shape index (κ1) is 26.3. The molecule has 0 radical (unpaired) electrons. The molecule has 1 fully saturated rings. The smallest absolute Gasteiger partial charge is 0.296 e. The van der Waals surface area contributed by atoms with Gasteiger partial charge in [-0.25, -0.2) is 0 Å². The van der Waals surface area contributed by atoms with Crippen molar-refractivity contribution in [3.63, 3.8) is 0 Å². The molecule has 41 heavy (non-hydrogen) atoms. The molecule has 8 heteroatoms. The average Bonchev–Trinajstić information content (AvgIpc) is 3.70. The number of methoxy groups -OCH3 is 1. The summed E-state index contributed by atoms with van der Waals surface area (Å²) in [6, 6.07) is 22.9. The minimum atomic E-state index is -0.888. The fourth-order valence-corrected chi connectivity index (χ4v) is 5.39. The largest absolute Gasteiger partial charge is 0.507 e. The summed E-state index contributed by atoms with van der Waals surface area (Å²) < 4.78 is 23.0. The lowest BCUT2D eigenvalue weighted by Gasteiger charge is -2.25. The summed E-state index contributed by atoms with van der Waals surface area (Å²) in [5.41, 5.74) is 2.95. The number of hydrogen-bond acceptors (Lipinski definition) is 7. The minimum Gasteiger partial charge on any atom is -0.507 e. The van der Waals surface area contributed by atoms with Crippen molar-refractivity contribution in [2.45, 2.75) is 38.6 Å². The fraction of sp³-hybridized carbons (Fsp3) is 0.212. The Morgan fingerprint density at radius 1 is 1.00 bits per heavy atom. The van der Waals surface area contributed by atoms with E-state index in [-0.39, 0.29) is 24.0 Å². The van der Waals surface area contributed by atoms with Gasteiger partial charge in [-0.05, 0) is 66.1 Å². The third-order valence-corrected chi connectivity index (χ3v) is 7.36. The zero-order valence-electron chi connectivity index (χ0n) is 22.7. The Kier molecular flexibility index (Phi) is 6.97. The summed E-state index contributed by atoms with van der Waals surface area (Å²) in [4.78, 5) is 28.3. The van der Waals surface area contributed by atoms with Crippen molar-refractivity contribution < 1.29 is 33.3 Å². The third kappa shape index (κ3) is 5.04. The highest BCUT2D eigenvalue weighted by molar-refractivity contribution is 6.46. The molecule has 2 atom stereocenters. The maximum atomic E-state index is 13.5. The number of hydrogen-bond donors (Lipinski definition) is 1. The predicted molar refractivity (Wildman–Crippen MR) is 151 cm³/mol. The first-order valence-electron chi connectivity index (χ1n) is 13.4. The number of carbonyl (C=O) groups is 2. The molecule has 2 aliphatic heterocycles. The highest BCUT2D eigenvalue weighted by Gasteiger charge is 2.46. The highest BCUT2D eigenvalue weighted by Crippen LogP contribution is 2.43. The van der Waals surface area contributed by atoms with Crippen molar-refractivity contribution in [2.75, 3.05) is 7.11 Å². The van der Waals surface area contributed by atoms with Crippen LogP contribution >= 0.6 is 0 Å². The van der Waals surface area contributed by atoms with Crippen molar-refractivity contribution in [1.29, 1.82) is 0 Å². The number of fused-ring (bicyclic) bond motifs is 1. The number of likely N-dealkylation sites (tertiary alicyclic amines) is 1. The van der Waals surface area contributed by atoms with E-state index in [0.717, 1.165) is 16.9 Å². The van der Waals surface area contributed by atoms with Crippen LogP contribution in [0.5, 0.6) is 17.2 Å². The summed E-state index contributed by atoms with van der Waals surface area (Å²) in [7, 11) is 1.53. The van der Waals surface area contributed by atoms with E-state index in [4.69, 9.17) is 18.6 Å². The molecule has 0 spiro atoms. The van der Waals surface area contributed by atoms with Crippen LogP contribution in [0.1, 0.15) is 41.0 Å². The Labute approximate surface area is 237 Å². The Balaban J connectivity index is 1.41. The number of rotatable bonds is 8. The molecule has 208 valence electrons. The second-order valence-corrected chi connectivity index (χ2v) is 10.1. The van der Waals surface area contributed by atoms with Crippen LogP contribution in [-0.4, -0.2) is 34.9 Å². The van der Waals surface area contributed by atoms with E-state index < -0.39 is 17.7 Å². The number of furan rings is 1. The number of benzene rings is 3. The number of Topliss-reactive ketones (excluding diaryl/α,β-unsaturated/α-hetero) is 1. The molecule has 0 bridgehead atoms. The molecule has 0 saturated carbocycles. The number of aliphatic hydroxyl groups excluding tert-OH is 1. The van der Waals surface area contributed by atoms with Crippen molar-refractivity contribution in [3.05, 3.63) is 119 Å². The number of carbonyl (C=O) groups excluding carboxylic acids is 2. The molecular weight excluding hydrogens is 522 g/mol. The molecule has 1 amide bonds. The van der Waals surface area contributed by atoms with E-state index in [9.17, 15) is 14.7 Å². The molecule has 3 heterocycles. The van der Waals surface area contributed by atoms with Crippen molar-refractivity contribution in [1.82, 2.24) is 4.90 Å². The molecule has 1 saturated heterocycles. The molecular formula is C33H29NO7. The number of nitrogens with zero attached hydrogens (tertiary/aromatic N) is 1. The second kappa shape index (κ2) is 10.9. The van der Waals surface area contributed by atoms with Gasteiger partial charge in [-0.1, -0.05) is 36.4 Å². The lowest BCUT2D eigenvalue weighted by atomic mass is 9.94. The van der Waals surface area contributed by atoms with Gasteiger partial charge in [0.2, 0.25) is 0 Å². The van der Waals surface area contributed by atoms with Crippen LogP contribution in [0.3, 0.4) is 0 Å². The molecule has 6 rings (SSSR count). The van der Waals surface area contributed by atoms with Crippen LogP contribution in [0.25, 0.3) is 5.76 Å². The summed E-state index contributed by atoms with van der Waals surface area (Å²) >= 11 is 0. The van der Waals surface area contributed by atoms with Crippen molar-refractivity contribution in [2.24, 2.45) is 0 Å². The van der Waals surface area contributed by atoms with Gasteiger partial charge in [-0.15, -0.1) is 0 Å². The monoisotopic (exact) mass is 551 g/mol. The highest BCUT2D eigenvalue weighted by atomic mass is 16.5. The molecule has 8 nitrogen and oxygen atoms in total. The fourth-order valence-electron chi connectivity index (χ4n) is 5.39. The maximum Gasteiger partial charge on any atom is 0.296 e. The summed E-state index contributed by atoms with van der Waals surface area (Å²) in [5, 5.41) is 11.5. The van der Waals surface area contributed by atoms with Gasteiger partial charge in [0.05, 0.1) is 31.5 Å². The minimum absolute atomic E-state index is 0.00604. The molecule has 1 aromatic heterocycles. The molecule has 0 aliphatic carbocycles. The standard InChI is InChI=1S/C33H29NO7/c1-20-15-24-16-23(11-12-26(24)41-20)31(35)29-30(34(33(37)32(29)36)18-25-9-6-14-39-25)22-10-13-27(28(17-22)38-2)40-19-21-7-4-3-5-8-21/h3-14,16-17,20,30,35H,15,18-19H2,1-2H3/b31-29+. The lowest BCUT2D eigenvalue weighted by Crippen LogP contribution is -2.29. The topological polar surface area (TPSA) is 98.4 Å². The Morgan fingerprint density at radius 3 is 2.59 bits per heavy atom. The van der Waals surface area contributed by atoms with Crippen molar-refractivity contribution in [3.8, 4) is 17.2 Å². The molecule has 3 aromatic carbocycles. The van der Waals surface area contributed by atoms with Gasteiger partial charge >= 0.3 is 0 Å². The van der Waals surface area contributed by atoms with Gasteiger partial charge in [0.15, 0.2) is 11.5 Å². The third-order valence-electron chi connectivity index (χ3n) is 7.36. The number of ketones is 1. The summed E-state index contributed by atoms with van der Waals surface area (Å²) in [6.07, 6.45) is 2.22. The van der Waals surface area contributed by atoms with E-state index in [1.54, 1.807) is 42.5 Å². The van der Waals surface area contributed by atoms with E-state index in [0.29, 0.717) is 41.4 Å². The van der Waals surface area contributed by atoms with Gasteiger partial charge in [0.25, 0.3) is 11.7 Å². The van der Waals surface area contributed by atoms with Crippen LogP contribution in [0.2, 0.25) is 0 Å². The first-order chi connectivity index (χ1) is 19.9. The number of amides is 1. The van der Waals surface area contributed by atoms with Gasteiger partial charge in [-0.2, -0.15) is 0 Å². The van der Waals surface area contributed by atoms with Gasteiger partial charge in [0.1, 0.15) is 30.0 Å². The zero-order valence-corrected chi connectivity index (χ0v) is 22.7. The molecule has 1 N–H and O–H groups in total. The zero-order chi connectivity index (χ0) is 28.5. The van der Waals surface area contributed by atoms with E-state index in [2.05, 4.69) is 0 Å². The maximum absolute atomic E-state index is 13.5. The number of ether oxygens (including phenoxy) is 3. The lowest BCUT2D eigenvalue weighted by molar-refractivity contribution is -0.140. The van der Waals surface area contributed by atoms with E-state index in [1.807, 2.05) is 43.3 Å². The SMILES string of the molecule is COc1cc(C2/C(=C(\O)c3ccc4c(c3)CC(C)O4)C(=O)C(=O)N2Cc2ccco2)ccc1OCc1ccccc1. The van der Waals surface area contributed by atoms with E-state index in [1.165, 1.54) is 18.3 Å². The normalized spacial score (nSPS) is 19.2. The second-order valence-electron chi connectivity index (χ2n) is 10.1. The van der Waals surface area contributed by atoms with Gasteiger partial charge in [-0.3, -0.25) is 9.59 Å². The van der Waals surface area contributed by atoms with Gasteiger partial charge in [0, 0.05) is 12.0 Å². The Hall–Kier alpha value is -4.98. The Morgan fingerprint density at radius 2 is 1.83 bits per heavy atom. The molecule has 4 aromatic rings. The predicted octanol–water partition coefficient (Wildman–Crippen LogP) is 5.81. The quantitative estimate of drug-likeness (QED) is 0.168. The van der Waals surface area contributed by atoms with Gasteiger partial charge < -0.3 is 28.6 Å². The first-order valence-corrected chi connectivity index (χ1v) is 13.4. The van der Waals surface area contributed by atoms with E-state index >= 15 is 0 Å². The van der Waals surface area contributed by atoms with Crippen LogP contribution in [0.4, 0.5) is 0 Å². The van der Waals surface area contributed by atoms with Crippen molar-refractivity contribution >= 4 is 17.4 Å². The summed E-state index contributed by atoms with van der Waals surface area (Å²) in [6.45, 7) is 2.36.